The molecule has 4 heteroatoms. The first-order chi connectivity index (χ1) is 7.31. The van der Waals surface area contributed by atoms with Gasteiger partial charge in [-0.15, -0.1) is 0 Å². The lowest BCUT2D eigenvalue weighted by Crippen LogP contribution is -1.97. The molecule has 1 aromatic heterocycles. The summed E-state index contributed by atoms with van der Waals surface area (Å²) in [6.07, 6.45) is 3.22. The molecule has 0 bridgehead atoms. The van der Waals surface area contributed by atoms with Gasteiger partial charge in [-0.05, 0) is 19.1 Å². The molecule has 15 heavy (non-hydrogen) atoms. The Morgan fingerprint density at radius 1 is 1.40 bits per heavy atom. The number of benzene rings is 1. The third-order valence-corrected chi connectivity index (χ3v) is 1.97. The Bertz CT molecular complexity index is 453. The maximum absolute atomic E-state index is 13.4. The third kappa shape index (κ3) is 1.98. The first-order valence-corrected chi connectivity index (χ1v) is 4.73. The molecular formula is C11H11FN2O. The van der Waals surface area contributed by atoms with E-state index < -0.39 is 0 Å². The molecule has 0 aliphatic heterocycles. The topological polar surface area (TPSA) is 27.1 Å². The van der Waals surface area contributed by atoms with E-state index in [1.54, 1.807) is 30.6 Å². The summed E-state index contributed by atoms with van der Waals surface area (Å²) in [5, 5.41) is 4.02. The molecule has 3 nitrogen and oxygen atoms in total. The molecule has 0 saturated heterocycles. The van der Waals surface area contributed by atoms with E-state index >= 15 is 0 Å². The third-order valence-electron chi connectivity index (χ3n) is 1.97. The maximum atomic E-state index is 13.4. The van der Waals surface area contributed by atoms with Crippen LogP contribution in [0.25, 0.3) is 5.69 Å². The largest absolute Gasteiger partial charge is 0.491 e. The quantitative estimate of drug-likeness (QED) is 0.771. The minimum atomic E-state index is -0.302. The zero-order valence-corrected chi connectivity index (χ0v) is 8.35. The van der Waals surface area contributed by atoms with E-state index in [1.165, 1.54) is 10.7 Å². The minimum Gasteiger partial charge on any atom is -0.491 e. The summed E-state index contributed by atoms with van der Waals surface area (Å²) < 4.78 is 20.1. The van der Waals surface area contributed by atoms with Crippen molar-refractivity contribution in [2.75, 3.05) is 6.61 Å². The van der Waals surface area contributed by atoms with Gasteiger partial charge < -0.3 is 4.74 Å². The van der Waals surface area contributed by atoms with Gasteiger partial charge >= 0.3 is 0 Å². The lowest BCUT2D eigenvalue weighted by molar-refractivity contribution is 0.340. The summed E-state index contributed by atoms with van der Waals surface area (Å²) in [4.78, 5) is 0. The molecular weight excluding hydrogens is 195 g/mol. The smallest absolute Gasteiger partial charge is 0.157 e. The van der Waals surface area contributed by atoms with Crippen LogP contribution in [-0.2, 0) is 0 Å². The average molecular weight is 206 g/mol. The molecule has 0 N–H and O–H groups in total. The number of ether oxygens (including phenoxy) is 1. The number of hydrogen-bond donors (Lipinski definition) is 0. The Hall–Kier alpha value is -1.84. The first-order valence-electron chi connectivity index (χ1n) is 4.73. The van der Waals surface area contributed by atoms with Crippen molar-refractivity contribution in [1.29, 1.82) is 0 Å². The van der Waals surface area contributed by atoms with Crippen LogP contribution in [0.5, 0.6) is 5.75 Å². The Morgan fingerprint density at radius 2 is 2.20 bits per heavy atom. The van der Waals surface area contributed by atoms with E-state index in [9.17, 15) is 4.39 Å². The molecule has 0 aliphatic carbocycles. The fourth-order valence-electron chi connectivity index (χ4n) is 1.32. The molecule has 78 valence electrons. The van der Waals surface area contributed by atoms with Crippen LogP contribution in [-0.4, -0.2) is 16.4 Å². The molecule has 0 amide bonds. The Kier molecular flexibility index (Phi) is 2.67. The Balaban J connectivity index is 2.33. The highest BCUT2D eigenvalue weighted by Gasteiger charge is 2.05. The van der Waals surface area contributed by atoms with Crippen molar-refractivity contribution >= 4 is 0 Å². The van der Waals surface area contributed by atoms with Gasteiger partial charge in [-0.2, -0.15) is 5.10 Å². The van der Waals surface area contributed by atoms with Crippen LogP contribution in [0.3, 0.4) is 0 Å². The van der Waals surface area contributed by atoms with Crippen molar-refractivity contribution in [2.24, 2.45) is 0 Å². The highest BCUT2D eigenvalue weighted by Crippen LogP contribution is 2.15. The number of nitrogens with zero attached hydrogens (tertiary/aromatic N) is 2. The fourth-order valence-corrected chi connectivity index (χ4v) is 1.32. The van der Waals surface area contributed by atoms with Crippen molar-refractivity contribution in [3.63, 3.8) is 0 Å². The van der Waals surface area contributed by atoms with Crippen molar-refractivity contribution in [3.05, 3.63) is 42.5 Å². The number of aromatic nitrogens is 2. The second-order valence-corrected chi connectivity index (χ2v) is 3.01. The highest BCUT2D eigenvalue weighted by molar-refractivity contribution is 5.33. The van der Waals surface area contributed by atoms with Gasteiger partial charge in [-0.1, -0.05) is 12.1 Å². The maximum Gasteiger partial charge on any atom is 0.157 e. The average Bonchev–Trinajstić information content (AvgIpc) is 2.68. The summed E-state index contributed by atoms with van der Waals surface area (Å²) in [5.74, 6) is 0.337. The van der Waals surface area contributed by atoms with E-state index in [4.69, 9.17) is 4.74 Å². The monoisotopic (exact) mass is 206 g/mol. The van der Waals surface area contributed by atoms with Gasteiger partial charge in [-0.3, -0.25) is 0 Å². The standard InChI is InChI=1S/C11H11FN2O/c1-2-15-9-7-13-14(8-9)11-6-4-3-5-10(11)12/h3-8H,2H2,1H3. The zero-order valence-electron chi connectivity index (χ0n) is 8.35. The van der Waals surface area contributed by atoms with Gasteiger partial charge in [0.25, 0.3) is 0 Å². The second kappa shape index (κ2) is 4.13. The van der Waals surface area contributed by atoms with Crippen molar-refractivity contribution in [2.45, 2.75) is 6.92 Å². The van der Waals surface area contributed by atoms with Gasteiger partial charge in [0, 0.05) is 0 Å². The van der Waals surface area contributed by atoms with E-state index in [0.29, 0.717) is 18.0 Å². The lowest BCUT2D eigenvalue weighted by Gasteiger charge is -2.01. The van der Waals surface area contributed by atoms with Crippen molar-refractivity contribution in [1.82, 2.24) is 9.78 Å². The molecule has 1 heterocycles. The molecule has 1 aromatic carbocycles. The predicted molar refractivity (Wildman–Crippen MR) is 54.7 cm³/mol. The van der Waals surface area contributed by atoms with E-state index in [1.807, 2.05) is 6.92 Å². The summed E-state index contributed by atoms with van der Waals surface area (Å²) in [6, 6.07) is 6.47. The fraction of sp³-hybridized carbons (Fsp3) is 0.182. The first kappa shape index (κ1) is 9.71. The van der Waals surface area contributed by atoms with Crippen LogP contribution < -0.4 is 4.74 Å². The molecule has 0 aliphatic rings. The van der Waals surface area contributed by atoms with E-state index in [-0.39, 0.29) is 5.82 Å². The number of para-hydroxylation sites is 1. The summed E-state index contributed by atoms with van der Waals surface area (Å²) in [7, 11) is 0. The number of rotatable bonds is 3. The van der Waals surface area contributed by atoms with Crippen LogP contribution >= 0.6 is 0 Å². The molecule has 2 rings (SSSR count). The van der Waals surface area contributed by atoms with Crippen LogP contribution in [0, 0.1) is 5.82 Å². The Labute approximate surface area is 87.1 Å². The number of hydrogen-bond acceptors (Lipinski definition) is 2. The number of halogens is 1. The second-order valence-electron chi connectivity index (χ2n) is 3.01. The molecule has 2 aromatic rings. The van der Waals surface area contributed by atoms with Crippen molar-refractivity contribution < 1.29 is 9.13 Å². The normalized spacial score (nSPS) is 10.3. The zero-order chi connectivity index (χ0) is 10.7. The van der Waals surface area contributed by atoms with Crippen LogP contribution in [0.1, 0.15) is 6.92 Å². The van der Waals surface area contributed by atoms with Crippen LogP contribution in [0.4, 0.5) is 4.39 Å². The molecule has 0 spiro atoms. The van der Waals surface area contributed by atoms with Gasteiger partial charge in [0.2, 0.25) is 0 Å². The molecule has 0 radical (unpaired) electrons. The lowest BCUT2D eigenvalue weighted by atomic mass is 10.3. The minimum absolute atomic E-state index is 0.302. The molecule has 0 unspecified atom stereocenters. The van der Waals surface area contributed by atoms with Crippen LogP contribution in [0.2, 0.25) is 0 Å². The van der Waals surface area contributed by atoms with Crippen LogP contribution in [0.15, 0.2) is 36.7 Å². The summed E-state index contributed by atoms with van der Waals surface area (Å²) >= 11 is 0. The molecule has 0 atom stereocenters. The van der Waals surface area contributed by atoms with Gasteiger partial charge in [0.15, 0.2) is 5.75 Å². The SMILES string of the molecule is CCOc1cnn(-c2ccccc2F)c1. The summed E-state index contributed by atoms with van der Waals surface area (Å²) in [5.41, 5.74) is 0.420. The predicted octanol–water partition coefficient (Wildman–Crippen LogP) is 2.41. The van der Waals surface area contributed by atoms with Gasteiger partial charge in [-0.25, -0.2) is 9.07 Å². The molecule has 0 fully saturated rings. The Morgan fingerprint density at radius 3 is 2.93 bits per heavy atom. The highest BCUT2D eigenvalue weighted by atomic mass is 19.1. The van der Waals surface area contributed by atoms with Gasteiger partial charge in [0.05, 0.1) is 19.0 Å². The van der Waals surface area contributed by atoms with Gasteiger partial charge in [0.1, 0.15) is 11.5 Å². The summed E-state index contributed by atoms with van der Waals surface area (Å²) in [6.45, 7) is 2.46. The van der Waals surface area contributed by atoms with E-state index in [0.717, 1.165) is 0 Å². The van der Waals surface area contributed by atoms with E-state index in [2.05, 4.69) is 5.10 Å². The van der Waals surface area contributed by atoms with Crippen molar-refractivity contribution in [3.8, 4) is 11.4 Å². The molecule has 0 saturated carbocycles.